The standard InChI is InChI=1S/C20H35N3O3/c1-16(19(24)21(2)18-8-4-3-5-9-18)23-10-6-7-17(15-23)20(25)22-11-13-26-14-12-22/h16-18H,3-15H2,1-2H3. The Morgan fingerprint density at radius 2 is 1.69 bits per heavy atom. The van der Waals surface area contributed by atoms with Crippen molar-refractivity contribution in [1.29, 1.82) is 0 Å². The van der Waals surface area contributed by atoms with Crippen LogP contribution in [0.1, 0.15) is 51.9 Å². The molecule has 0 spiro atoms. The highest BCUT2D eigenvalue weighted by Crippen LogP contribution is 2.25. The second-order valence-corrected chi connectivity index (χ2v) is 8.19. The fourth-order valence-corrected chi connectivity index (χ4v) is 4.70. The average molecular weight is 366 g/mol. The molecule has 2 amide bonds. The van der Waals surface area contributed by atoms with E-state index in [9.17, 15) is 9.59 Å². The number of piperidine rings is 1. The Morgan fingerprint density at radius 3 is 2.38 bits per heavy atom. The van der Waals surface area contributed by atoms with E-state index in [0.29, 0.717) is 38.9 Å². The van der Waals surface area contributed by atoms with Crippen molar-refractivity contribution in [3.8, 4) is 0 Å². The van der Waals surface area contributed by atoms with Crippen LogP contribution in [0.15, 0.2) is 0 Å². The van der Waals surface area contributed by atoms with Crippen molar-refractivity contribution in [2.24, 2.45) is 5.92 Å². The van der Waals surface area contributed by atoms with Crippen LogP contribution >= 0.6 is 0 Å². The Balaban J connectivity index is 1.55. The van der Waals surface area contributed by atoms with Crippen LogP contribution in [-0.4, -0.2) is 85.0 Å². The first-order valence-corrected chi connectivity index (χ1v) is 10.4. The van der Waals surface area contributed by atoms with Gasteiger partial charge in [-0.1, -0.05) is 19.3 Å². The summed E-state index contributed by atoms with van der Waals surface area (Å²) in [4.78, 5) is 32.0. The van der Waals surface area contributed by atoms with Crippen LogP contribution in [0.4, 0.5) is 0 Å². The second kappa shape index (κ2) is 9.18. The zero-order valence-corrected chi connectivity index (χ0v) is 16.5. The molecule has 6 nitrogen and oxygen atoms in total. The van der Waals surface area contributed by atoms with Gasteiger partial charge in [-0.3, -0.25) is 14.5 Å². The van der Waals surface area contributed by atoms with Gasteiger partial charge in [-0.25, -0.2) is 0 Å². The lowest BCUT2D eigenvalue weighted by Crippen LogP contribution is -2.54. The maximum Gasteiger partial charge on any atom is 0.239 e. The SMILES string of the molecule is CC(C(=O)N(C)C1CCCCC1)N1CCCC(C(=O)N2CCOCC2)C1. The molecule has 0 aromatic rings. The van der Waals surface area contributed by atoms with E-state index in [-0.39, 0.29) is 23.8 Å². The summed E-state index contributed by atoms with van der Waals surface area (Å²) in [6.45, 7) is 6.33. The van der Waals surface area contributed by atoms with Gasteiger partial charge in [-0.2, -0.15) is 0 Å². The summed E-state index contributed by atoms with van der Waals surface area (Å²) in [7, 11) is 1.97. The molecule has 3 fully saturated rings. The monoisotopic (exact) mass is 365 g/mol. The summed E-state index contributed by atoms with van der Waals surface area (Å²) < 4.78 is 5.36. The van der Waals surface area contributed by atoms with Crippen molar-refractivity contribution >= 4 is 11.8 Å². The van der Waals surface area contributed by atoms with Crippen molar-refractivity contribution in [2.45, 2.75) is 64.0 Å². The summed E-state index contributed by atoms with van der Waals surface area (Å²) in [6.07, 6.45) is 7.95. The topological polar surface area (TPSA) is 53.1 Å². The first-order valence-electron chi connectivity index (χ1n) is 10.4. The molecule has 0 aromatic carbocycles. The number of likely N-dealkylation sites (N-methyl/N-ethyl adjacent to an activating group) is 1. The Hall–Kier alpha value is -1.14. The normalized spacial score (nSPS) is 27.2. The number of rotatable bonds is 4. The Labute approximate surface area is 157 Å². The first kappa shape index (κ1) is 19.6. The highest BCUT2D eigenvalue weighted by Gasteiger charge is 2.35. The minimum atomic E-state index is -0.137. The van der Waals surface area contributed by atoms with E-state index in [0.717, 1.165) is 32.2 Å². The van der Waals surface area contributed by atoms with Gasteiger partial charge >= 0.3 is 0 Å². The molecular weight excluding hydrogens is 330 g/mol. The lowest BCUT2D eigenvalue weighted by molar-refractivity contribution is -0.145. The summed E-state index contributed by atoms with van der Waals surface area (Å²) in [6, 6.07) is 0.261. The van der Waals surface area contributed by atoms with Gasteiger partial charge in [0.15, 0.2) is 0 Å². The molecule has 3 rings (SSSR count). The smallest absolute Gasteiger partial charge is 0.239 e. The van der Waals surface area contributed by atoms with Crippen molar-refractivity contribution in [3.63, 3.8) is 0 Å². The van der Waals surface area contributed by atoms with E-state index < -0.39 is 0 Å². The molecular formula is C20H35N3O3. The molecule has 1 aliphatic carbocycles. The maximum absolute atomic E-state index is 13.0. The van der Waals surface area contributed by atoms with Gasteiger partial charge in [0, 0.05) is 32.7 Å². The van der Waals surface area contributed by atoms with Gasteiger partial charge in [0.1, 0.15) is 0 Å². The summed E-state index contributed by atoms with van der Waals surface area (Å²) in [5.74, 6) is 0.492. The molecule has 1 saturated carbocycles. The van der Waals surface area contributed by atoms with Gasteiger partial charge in [0.25, 0.3) is 0 Å². The number of ether oxygens (including phenoxy) is 1. The highest BCUT2D eigenvalue weighted by atomic mass is 16.5. The quantitative estimate of drug-likeness (QED) is 0.761. The fraction of sp³-hybridized carbons (Fsp3) is 0.900. The third-order valence-corrected chi connectivity index (χ3v) is 6.50. The number of hydrogen-bond donors (Lipinski definition) is 0. The zero-order valence-electron chi connectivity index (χ0n) is 16.5. The summed E-state index contributed by atoms with van der Waals surface area (Å²) in [5.41, 5.74) is 0. The number of morpholine rings is 1. The van der Waals surface area contributed by atoms with Crippen LogP contribution in [0.3, 0.4) is 0 Å². The van der Waals surface area contributed by atoms with Gasteiger partial charge in [0.05, 0.1) is 25.2 Å². The first-order chi connectivity index (χ1) is 12.6. The third kappa shape index (κ3) is 4.58. The molecule has 0 bridgehead atoms. The number of nitrogens with zero attached hydrogens (tertiary/aromatic N) is 3. The molecule has 2 heterocycles. The van der Waals surface area contributed by atoms with Gasteiger partial charge in [-0.15, -0.1) is 0 Å². The van der Waals surface area contributed by atoms with Gasteiger partial charge in [0.2, 0.25) is 11.8 Å². The lowest BCUT2D eigenvalue weighted by atomic mass is 9.93. The van der Waals surface area contributed by atoms with Gasteiger partial charge < -0.3 is 14.5 Å². The number of carbonyl (C=O) groups excluding carboxylic acids is 2. The molecule has 6 heteroatoms. The number of hydrogen-bond acceptors (Lipinski definition) is 4. The zero-order chi connectivity index (χ0) is 18.5. The van der Waals surface area contributed by atoms with Crippen LogP contribution < -0.4 is 0 Å². The molecule has 0 radical (unpaired) electrons. The molecule has 0 N–H and O–H groups in total. The maximum atomic E-state index is 13.0. The van der Waals surface area contributed by atoms with Crippen molar-refractivity contribution < 1.29 is 14.3 Å². The predicted molar refractivity (Wildman–Crippen MR) is 101 cm³/mol. The van der Waals surface area contributed by atoms with Crippen LogP contribution in [0, 0.1) is 5.92 Å². The van der Waals surface area contributed by atoms with Crippen LogP contribution in [-0.2, 0) is 14.3 Å². The Kier molecular flexibility index (Phi) is 6.92. The molecule has 26 heavy (non-hydrogen) atoms. The number of likely N-dealkylation sites (tertiary alicyclic amines) is 1. The summed E-state index contributed by atoms with van der Waals surface area (Å²) >= 11 is 0. The highest BCUT2D eigenvalue weighted by molar-refractivity contribution is 5.82. The molecule has 2 aliphatic heterocycles. The number of carbonyl (C=O) groups is 2. The van der Waals surface area contributed by atoms with Crippen molar-refractivity contribution in [1.82, 2.24) is 14.7 Å². The largest absolute Gasteiger partial charge is 0.378 e. The van der Waals surface area contributed by atoms with E-state index in [2.05, 4.69) is 4.90 Å². The van der Waals surface area contributed by atoms with Crippen molar-refractivity contribution in [3.05, 3.63) is 0 Å². The van der Waals surface area contributed by atoms with E-state index in [1.807, 2.05) is 23.8 Å². The third-order valence-electron chi connectivity index (χ3n) is 6.50. The molecule has 0 aromatic heterocycles. The van der Waals surface area contributed by atoms with Crippen LogP contribution in [0.25, 0.3) is 0 Å². The fourth-order valence-electron chi connectivity index (χ4n) is 4.70. The minimum Gasteiger partial charge on any atom is -0.378 e. The van der Waals surface area contributed by atoms with E-state index in [4.69, 9.17) is 4.74 Å². The predicted octanol–water partition coefficient (Wildman–Crippen LogP) is 1.74. The molecule has 2 atom stereocenters. The average Bonchev–Trinajstić information content (AvgIpc) is 2.73. The summed E-state index contributed by atoms with van der Waals surface area (Å²) in [5, 5.41) is 0. The van der Waals surface area contributed by atoms with Gasteiger partial charge in [-0.05, 0) is 39.2 Å². The molecule has 2 saturated heterocycles. The van der Waals surface area contributed by atoms with Crippen LogP contribution in [0.5, 0.6) is 0 Å². The molecule has 3 aliphatic rings. The van der Waals surface area contributed by atoms with E-state index in [1.54, 1.807) is 0 Å². The van der Waals surface area contributed by atoms with E-state index >= 15 is 0 Å². The lowest BCUT2D eigenvalue weighted by Gasteiger charge is -2.40. The second-order valence-electron chi connectivity index (χ2n) is 8.19. The Morgan fingerprint density at radius 1 is 1.00 bits per heavy atom. The minimum absolute atomic E-state index is 0.0251. The van der Waals surface area contributed by atoms with E-state index in [1.165, 1.54) is 19.3 Å². The number of amides is 2. The molecule has 2 unspecified atom stereocenters. The molecule has 148 valence electrons. The Bertz CT molecular complexity index is 487. The van der Waals surface area contributed by atoms with Crippen LogP contribution in [0.2, 0.25) is 0 Å². The van der Waals surface area contributed by atoms with Crippen molar-refractivity contribution in [2.75, 3.05) is 46.4 Å².